The van der Waals surface area contributed by atoms with Crippen LogP contribution < -0.4 is 5.32 Å². The molecule has 1 N–H and O–H groups in total. The van der Waals surface area contributed by atoms with Gasteiger partial charge in [0.1, 0.15) is 12.4 Å². The SMILES string of the molecule is C#CCN=C(NCC)N(C)Cc1ccc(F)cc1.I. The number of benzene rings is 1. The van der Waals surface area contributed by atoms with Crippen LogP contribution in [0.1, 0.15) is 12.5 Å². The van der Waals surface area contributed by atoms with Crippen LogP contribution in [0.3, 0.4) is 0 Å². The van der Waals surface area contributed by atoms with Gasteiger partial charge in [0.05, 0.1) is 0 Å². The highest BCUT2D eigenvalue weighted by Gasteiger charge is 2.05. The van der Waals surface area contributed by atoms with E-state index in [1.807, 2.05) is 18.9 Å². The molecule has 104 valence electrons. The van der Waals surface area contributed by atoms with Crippen molar-refractivity contribution in [1.29, 1.82) is 0 Å². The largest absolute Gasteiger partial charge is 0.356 e. The second-order valence-corrected chi connectivity index (χ2v) is 3.86. The van der Waals surface area contributed by atoms with E-state index in [4.69, 9.17) is 6.42 Å². The fourth-order valence-corrected chi connectivity index (χ4v) is 1.53. The molecule has 0 aliphatic carbocycles. The average molecular weight is 375 g/mol. The Balaban J connectivity index is 0.00000324. The van der Waals surface area contributed by atoms with Gasteiger partial charge in [0.25, 0.3) is 0 Å². The minimum absolute atomic E-state index is 0. The summed E-state index contributed by atoms with van der Waals surface area (Å²) < 4.78 is 12.8. The maximum atomic E-state index is 12.8. The minimum Gasteiger partial charge on any atom is -0.356 e. The molecule has 0 bridgehead atoms. The van der Waals surface area contributed by atoms with Gasteiger partial charge in [-0.05, 0) is 24.6 Å². The Kier molecular flexibility index (Phi) is 8.96. The molecule has 1 aromatic carbocycles. The molecule has 1 rings (SSSR count). The first-order chi connectivity index (χ1) is 8.67. The number of aliphatic imine (C=N–C) groups is 1. The first-order valence-electron chi connectivity index (χ1n) is 5.84. The first-order valence-corrected chi connectivity index (χ1v) is 5.84. The Hall–Kier alpha value is -1.29. The summed E-state index contributed by atoms with van der Waals surface area (Å²) in [7, 11) is 1.92. The summed E-state index contributed by atoms with van der Waals surface area (Å²) in [4.78, 5) is 6.22. The lowest BCUT2D eigenvalue weighted by atomic mass is 10.2. The predicted molar refractivity (Wildman–Crippen MR) is 88.1 cm³/mol. The van der Waals surface area contributed by atoms with E-state index in [0.29, 0.717) is 13.1 Å². The topological polar surface area (TPSA) is 27.6 Å². The lowest BCUT2D eigenvalue weighted by Gasteiger charge is -2.21. The Labute approximate surface area is 131 Å². The van der Waals surface area contributed by atoms with Crippen LogP contribution in [-0.2, 0) is 6.54 Å². The molecular weight excluding hydrogens is 356 g/mol. The van der Waals surface area contributed by atoms with E-state index >= 15 is 0 Å². The fraction of sp³-hybridized carbons (Fsp3) is 0.357. The molecule has 0 atom stereocenters. The maximum Gasteiger partial charge on any atom is 0.194 e. The van der Waals surface area contributed by atoms with E-state index in [2.05, 4.69) is 16.2 Å². The van der Waals surface area contributed by atoms with Crippen LogP contribution in [-0.4, -0.2) is 31.0 Å². The van der Waals surface area contributed by atoms with Crippen molar-refractivity contribution in [3.05, 3.63) is 35.6 Å². The molecule has 1 aromatic rings. The number of terminal acetylenes is 1. The zero-order valence-electron chi connectivity index (χ0n) is 11.2. The quantitative estimate of drug-likeness (QED) is 0.379. The van der Waals surface area contributed by atoms with Gasteiger partial charge in [-0.25, -0.2) is 9.38 Å². The van der Waals surface area contributed by atoms with E-state index in [-0.39, 0.29) is 29.8 Å². The molecule has 0 aliphatic rings. The van der Waals surface area contributed by atoms with Gasteiger partial charge in [0, 0.05) is 20.1 Å². The molecule has 3 nitrogen and oxygen atoms in total. The molecule has 0 aromatic heterocycles. The highest BCUT2D eigenvalue weighted by Crippen LogP contribution is 2.05. The number of nitrogens with one attached hydrogen (secondary N) is 1. The van der Waals surface area contributed by atoms with Gasteiger partial charge in [-0.3, -0.25) is 0 Å². The molecular formula is C14H19FIN3. The van der Waals surface area contributed by atoms with Gasteiger partial charge in [0.2, 0.25) is 0 Å². The van der Waals surface area contributed by atoms with E-state index in [0.717, 1.165) is 18.1 Å². The third-order valence-corrected chi connectivity index (χ3v) is 2.35. The maximum absolute atomic E-state index is 12.8. The molecule has 0 unspecified atom stereocenters. The molecule has 0 aliphatic heterocycles. The second-order valence-electron chi connectivity index (χ2n) is 3.86. The van der Waals surface area contributed by atoms with E-state index < -0.39 is 0 Å². The van der Waals surface area contributed by atoms with Gasteiger partial charge in [0.15, 0.2) is 5.96 Å². The second kappa shape index (κ2) is 9.62. The zero-order chi connectivity index (χ0) is 13.4. The number of nitrogens with zero attached hydrogens (tertiary/aromatic N) is 2. The van der Waals surface area contributed by atoms with E-state index in [1.54, 1.807) is 12.1 Å². The van der Waals surface area contributed by atoms with Crippen molar-refractivity contribution in [1.82, 2.24) is 10.2 Å². The van der Waals surface area contributed by atoms with E-state index in [1.165, 1.54) is 12.1 Å². The van der Waals surface area contributed by atoms with Crippen LogP contribution >= 0.6 is 24.0 Å². The van der Waals surface area contributed by atoms with Crippen LogP contribution in [0.15, 0.2) is 29.3 Å². The smallest absolute Gasteiger partial charge is 0.194 e. The summed E-state index contributed by atoms with van der Waals surface area (Å²) in [6, 6.07) is 6.43. The summed E-state index contributed by atoms with van der Waals surface area (Å²) in [6.45, 7) is 3.76. The van der Waals surface area contributed by atoms with Crippen LogP contribution in [0, 0.1) is 18.2 Å². The Bertz CT molecular complexity index is 437. The number of rotatable bonds is 4. The summed E-state index contributed by atoms with van der Waals surface area (Å²) in [5.41, 5.74) is 1.02. The van der Waals surface area contributed by atoms with Gasteiger partial charge in [-0.15, -0.1) is 30.4 Å². The first kappa shape index (κ1) is 17.7. The highest BCUT2D eigenvalue weighted by atomic mass is 127. The predicted octanol–water partition coefficient (Wildman–Crippen LogP) is 2.47. The summed E-state index contributed by atoms with van der Waals surface area (Å²) in [5.74, 6) is 3.00. The van der Waals surface area contributed by atoms with Gasteiger partial charge in [-0.2, -0.15) is 0 Å². The van der Waals surface area contributed by atoms with Gasteiger partial charge < -0.3 is 10.2 Å². The molecule has 0 spiro atoms. The Morgan fingerprint density at radius 2 is 2.05 bits per heavy atom. The molecule has 0 fully saturated rings. The molecule has 0 heterocycles. The molecule has 5 heteroatoms. The summed E-state index contributed by atoms with van der Waals surface area (Å²) in [5, 5.41) is 3.16. The average Bonchev–Trinajstić information content (AvgIpc) is 2.37. The molecule has 19 heavy (non-hydrogen) atoms. The number of guanidine groups is 1. The van der Waals surface area contributed by atoms with Crippen molar-refractivity contribution < 1.29 is 4.39 Å². The molecule has 0 amide bonds. The van der Waals surface area contributed by atoms with Crippen molar-refractivity contribution in [3.8, 4) is 12.3 Å². The van der Waals surface area contributed by atoms with Crippen LogP contribution in [0.25, 0.3) is 0 Å². The molecule has 0 saturated carbocycles. The van der Waals surface area contributed by atoms with Gasteiger partial charge >= 0.3 is 0 Å². The van der Waals surface area contributed by atoms with Crippen LogP contribution in [0.2, 0.25) is 0 Å². The van der Waals surface area contributed by atoms with Crippen LogP contribution in [0.5, 0.6) is 0 Å². The normalized spacial score (nSPS) is 10.3. The Morgan fingerprint density at radius 1 is 1.42 bits per heavy atom. The number of halogens is 2. The van der Waals surface area contributed by atoms with Crippen LogP contribution in [0.4, 0.5) is 4.39 Å². The monoisotopic (exact) mass is 375 g/mol. The summed E-state index contributed by atoms with van der Waals surface area (Å²) >= 11 is 0. The van der Waals surface area contributed by atoms with Crippen molar-refractivity contribution >= 4 is 29.9 Å². The van der Waals surface area contributed by atoms with E-state index in [9.17, 15) is 4.39 Å². The Morgan fingerprint density at radius 3 is 2.58 bits per heavy atom. The third kappa shape index (κ3) is 6.43. The molecule has 0 saturated heterocycles. The van der Waals surface area contributed by atoms with Crippen molar-refractivity contribution in [2.24, 2.45) is 4.99 Å². The van der Waals surface area contributed by atoms with Crippen molar-refractivity contribution in [2.45, 2.75) is 13.5 Å². The third-order valence-electron chi connectivity index (χ3n) is 2.35. The lowest BCUT2D eigenvalue weighted by Crippen LogP contribution is -2.38. The van der Waals surface area contributed by atoms with Crippen molar-refractivity contribution in [3.63, 3.8) is 0 Å². The molecule has 0 radical (unpaired) electrons. The fourth-order valence-electron chi connectivity index (χ4n) is 1.53. The number of hydrogen-bond acceptors (Lipinski definition) is 1. The standard InChI is InChI=1S/C14H18FN3.HI/c1-4-10-17-14(16-5-2)18(3)11-12-6-8-13(15)9-7-12;/h1,6-9H,5,10-11H2,2-3H3,(H,16,17);1H. The lowest BCUT2D eigenvalue weighted by molar-refractivity contribution is 0.477. The number of hydrogen-bond donors (Lipinski definition) is 1. The summed E-state index contributed by atoms with van der Waals surface area (Å²) in [6.07, 6.45) is 5.20. The highest BCUT2D eigenvalue weighted by molar-refractivity contribution is 14.0. The minimum atomic E-state index is -0.227. The van der Waals surface area contributed by atoms with Gasteiger partial charge in [-0.1, -0.05) is 18.1 Å². The van der Waals surface area contributed by atoms with Crippen molar-refractivity contribution in [2.75, 3.05) is 20.1 Å². The zero-order valence-corrected chi connectivity index (χ0v) is 13.5.